The summed E-state index contributed by atoms with van der Waals surface area (Å²) in [6.45, 7) is 3.35. The Hall–Kier alpha value is -3.86. The van der Waals surface area contributed by atoms with E-state index in [1.165, 1.54) is 0 Å². The fourth-order valence-corrected chi connectivity index (χ4v) is 3.52. The Morgan fingerprint density at radius 1 is 1.12 bits per heavy atom. The van der Waals surface area contributed by atoms with Crippen LogP contribution in [0.15, 0.2) is 54.7 Å². The van der Waals surface area contributed by atoms with Crippen molar-refractivity contribution in [3.8, 4) is 11.8 Å². The van der Waals surface area contributed by atoms with Crippen LogP contribution >= 0.6 is 0 Å². The number of nitrogen functional groups attached to an aromatic ring is 1. The molecule has 1 atom stereocenters. The largest absolute Gasteiger partial charge is 0.390 e. The summed E-state index contributed by atoms with van der Waals surface area (Å²) in [5.74, 6) is 6.42. The van der Waals surface area contributed by atoms with Gasteiger partial charge in [0.15, 0.2) is 0 Å². The third-order valence-corrected chi connectivity index (χ3v) is 5.18. The van der Waals surface area contributed by atoms with Crippen molar-refractivity contribution in [2.24, 2.45) is 0 Å². The van der Waals surface area contributed by atoms with E-state index < -0.39 is 6.10 Å². The SMILES string of the molecule is CCNCC(O)CNC(=O)c1ccc(C#Cc2c(N)ncc3[nH]c4ccccc4c23)cc1. The van der Waals surface area contributed by atoms with Gasteiger partial charge in [-0.15, -0.1) is 0 Å². The molecular weight excluding hydrogens is 402 g/mol. The van der Waals surface area contributed by atoms with Gasteiger partial charge in [-0.25, -0.2) is 4.98 Å². The van der Waals surface area contributed by atoms with Crippen molar-refractivity contribution in [3.63, 3.8) is 0 Å². The number of H-pyrrole nitrogens is 1. The van der Waals surface area contributed by atoms with Crippen LogP contribution in [0.2, 0.25) is 0 Å². The van der Waals surface area contributed by atoms with Crippen LogP contribution in [0.3, 0.4) is 0 Å². The number of aliphatic hydroxyl groups excluding tert-OH is 1. The molecule has 0 fully saturated rings. The lowest BCUT2D eigenvalue weighted by molar-refractivity contribution is 0.0916. The Labute approximate surface area is 186 Å². The minimum Gasteiger partial charge on any atom is -0.390 e. The quantitative estimate of drug-likeness (QED) is 0.303. The number of nitrogens with zero attached hydrogens (tertiary/aromatic N) is 1. The number of fused-ring (bicyclic) bond motifs is 3. The van der Waals surface area contributed by atoms with Crippen molar-refractivity contribution >= 4 is 33.5 Å². The van der Waals surface area contributed by atoms with Crippen molar-refractivity contribution < 1.29 is 9.90 Å². The molecule has 1 amide bonds. The Bertz CT molecular complexity index is 1320. The molecule has 1 unspecified atom stereocenters. The molecule has 0 saturated carbocycles. The normalized spacial score (nSPS) is 11.8. The van der Waals surface area contributed by atoms with Crippen LogP contribution < -0.4 is 16.4 Å². The zero-order valence-corrected chi connectivity index (χ0v) is 17.8. The van der Waals surface area contributed by atoms with Crippen LogP contribution in [-0.2, 0) is 0 Å². The minimum absolute atomic E-state index is 0.189. The van der Waals surface area contributed by atoms with Gasteiger partial charge in [-0.1, -0.05) is 37.0 Å². The summed E-state index contributed by atoms with van der Waals surface area (Å²) in [5, 5.41) is 17.6. The number of benzene rings is 2. The molecular formula is C25H25N5O2. The topological polar surface area (TPSA) is 116 Å². The molecule has 0 aliphatic carbocycles. The maximum absolute atomic E-state index is 12.3. The van der Waals surface area contributed by atoms with Crippen molar-refractivity contribution in [2.75, 3.05) is 25.4 Å². The first-order chi connectivity index (χ1) is 15.6. The van der Waals surface area contributed by atoms with Crippen LogP contribution in [-0.4, -0.2) is 46.7 Å². The number of carbonyl (C=O) groups excluding carboxylic acids is 1. The van der Waals surface area contributed by atoms with Crippen LogP contribution in [0, 0.1) is 11.8 Å². The van der Waals surface area contributed by atoms with Crippen molar-refractivity contribution in [3.05, 3.63) is 71.4 Å². The first-order valence-electron chi connectivity index (χ1n) is 10.5. The second-order valence-electron chi connectivity index (χ2n) is 7.48. The van der Waals surface area contributed by atoms with Gasteiger partial charge in [0, 0.05) is 40.5 Å². The average Bonchev–Trinajstić information content (AvgIpc) is 3.20. The highest BCUT2D eigenvalue weighted by atomic mass is 16.3. The molecule has 4 aromatic rings. The number of hydrogen-bond donors (Lipinski definition) is 5. The second-order valence-corrected chi connectivity index (χ2v) is 7.48. The second kappa shape index (κ2) is 9.52. The number of hydrogen-bond acceptors (Lipinski definition) is 5. The summed E-state index contributed by atoms with van der Waals surface area (Å²) in [5.41, 5.74) is 9.97. The Morgan fingerprint density at radius 3 is 2.69 bits per heavy atom. The number of nitrogens with two attached hydrogens (primary N) is 1. The van der Waals surface area contributed by atoms with Gasteiger partial charge in [-0.05, 0) is 36.9 Å². The van der Waals surface area contributed by atoms with E-state index in [1.54, 1.807) is 30.5 Å². The zero-order chi connectivity index (χ0) is 22.5. The fourth-order valence-electron chi connectivity index (χ4n) is 3.52. The number of aliphatic hydroxyl groups is 1. The van der Waals surface area contributed by atoms with Gasteiger partial charge in [-0.3, -0.25) is 4.79 Å². The van der Waals surface area contributed by atoms with E-state index in [2.05, 4.69) is 32.4 Å². The van der Waals surface area contributed by atoms with E-state index in [0.29, 0.717) is 23.5 Å². The minimum atomic E-state index is -0.629. The number of rotatable bonds is 6. The van der Waals surface area contributed by atoms with Gasteiger partial charge in [-0.2, -0.15) is 0 Å². The molecule has 6 N–H and O–H groups in total. The van der Waals surface area contributed by atoms with Crippen LogP contribution in [0.4, 0.5) is 5.82 Å². The summed E-state index contributed by atoms with van der Waals surface area (Å²) >= 11 is 0. The summed E-state index contributed by atoms with van der Waals surface area (Å²) in [6, 6.07) is 15.0. The molecule has 0 saturated heterocycles. The maximum Gasteiger partial charge on any atom is 0.251 e. The summed E-state index contributed by atoms with van der Waals surface area (Å²) < 4.78 is 0. The van der Waals surface area contributed by atoms with Gasteiger partial charge in [0.2, 0.25) is 0 Å². The number of amides is 1. The number of nitrogens with one attached hydrogen (secondary N) is 3. The van der Waals surface area contributed by atoms with Gasteiger partial charge in [0.05, 0.1) is 23.4 Å². The lowest BCUT2D eigenvalue weighted by Gasteiger charge is -2.12. The molecule has 0 aliphatic heterocycles. The van der Waals surface area contributed by atoms with Gasteiger partial charge in [0.25, 0.3) is 5.91 Å². The van der Waals surface area contributed by atoms with Crippen LogP contribution in [0.1, 0.15) is 28.4 Å². The predicted molar refractivity (Wildman–Crippen MR) is 127 cm³/mol. The third-order valence-electron chi connectivity index (χ3n) is 5.18. The lowest BCUT2D eigenvalue weighted by Crippen LogP contribution is -2.38. The number of aromatic amines is 1. The highest BCUT2D eigenvalue weighted by molar-refractivity contribution is 6.11. The number of likely N-dealkylation sites (N-methyl/N-ethyl adjacent to an activating group) is 1. The number of para-hydroxylation sites is 1. The molecule has 162 valence electrons. The number of pyridine rings is 1. The van der Waals surface area contributed by atoms with E-state index in [0.717, 1.165) is 33.9 Å². The molecule has 0 bridgehead atoms. The van der Waals surface area contributed by atoms with Crippen molar-refractivity contribution in [2.45, 2.75) is 13.0 Å². The molecule has 4 rings (SSSR count). The third kappa shape index (κ3) is 4.57. The lowest BCUT2D eigenvalue weighted by atomic mass is 10.1. The van der Waals surface area contributed by atoms with E-state index in [4.69, 9.17) is 5.73 Å². The first-order valence-corrected chi connectivity index (χ1v) is 10.5. The molecule has 0 aliphatic rings. The summed E-state index contributed by atoms with van der Waals surface area (Å²) in [4.78, 5) is 19.9. The van der Waals surface area contributed by atoms with Gasteiger partial charge in [0.1, 0.15) is 5.82 Å². The Kier molecular flexibility index (Phi) is 6.36. The average molecular weight is 428 g/mol. The molecule has 0 radical (unpaired) electrons. The first kappa shape index (κ1) is 21.4. The number of carbonyl (C=O) groups is 1. The van der Waals surface area contributed by atoms with Crippen molar-refractivity contribution in [1.82, 2.24) is 20.6 Å². The standard InChI is InChI=1S/C25H25N5O2/c1-2-27-13-18(31)14-29-25(32)17-10-7-16(8-11-17)9-12-20-23-19-5-3-4-6-21(19)30-22(23)15-28-24(20)26/h3-8,10-11,15,18,27,30-31H,2,13-14H2,1H3,(H2,26,28)(H,29,32). The number of anilines is 1. The summed E-state index contributed by atoms with van der Waals surface area (Å²) in [6.07, 6.45) is 1.09. The molecule has 7 heteroatoms. The smallest absolute Gasteiger partial charge is 0.251 e. The van der Waals surface area contributed by atoms with E-state index in [1.807, 2.05) is 31.2 Å². The molecule has 2 aromatic heterocycles. The maximum atomic E-state index is 12.3. The zero-order valence-electron chi connectivity index (χ0n) is 17.8. The predicted octanol–water partition coefficient (Wildman–Crippen LogP) is 2.40. The van der Waals surface area contributed by atoms with Crippen molar-refractivity contribution in [1.29, 1.82) is 0 Å². The summed E-state index contributed by atoms with van der Waals surface area (Å²) in [7, 11) is 0. The molecule has 2 aromatic carbocycles. The van der Waals surface area contributed by atoms with Gasteiger partial charge >= 0.3 is 0 Å². The fraction of sp³-hybridized carbons (Fsp3) is 0.200. The van der Waals surface area contributed by atoms with Gasteiger partial charge < -0.3 is 26.5 Å². The monoisotopic (exact) mass is 427 g/mol. The molecule has 0 spiro atoms. The molecule has 7 nitrogen and oxygen atoms in total. The van der Waals surface area contributed by atoms with E-state index in [9.17, 15) is 9.90 Å². The van der Waals surface area contributed by atoms with E-state index in [-0.39, 0.29) is 12.5 Å². The van der Waals surface area contributed by atoms with Crippen LogP contribution in [0.25, 0.3) is 21.8 Å². The highest BCUT2D eigenvalue weighted by Crippen LogP contribution is 2.29. The van der Waals surface area contributed by atoms with Crippen LogP contribution in [0.5, 0.6) is 0 Å². The molecule has 32 heavy (non-hydrogen) atoms. The Balaban J connectivity index is 1.53. The number of aromatic nitrogens is 2. The van der Waals surface area contributed by atoms with E-state index >= 15 is 0 Å². The Morgan fingerprint density at radius 2 is 1.91 bits per heavy atom. The molecule has 2 heterocycles. The highest BCUT2D eigenvalue weighted by Gasteiger charge is 2.11.